The lowest BCUT2D eigenvalue weighted by atomic mass is 9.98. The summed E-state index contributed by atoms with van der Waals surface area (Å²) in [5.41, 5.74) is 3.49. The first-order valence-electron chi connectivity index (χ1n) is 9.65. The first-order chi connectivity index (χ1) is 14.4. The van der Waals surface area contributed by atoms with E-state index in [0.29, 0.717) is 11.3 Å². The number of aryl methyl sites for hydroxylation is 1. The summed E-state index contributed by atoms with van der Waals surface area (Å²) in [5, 5.41) is 2.79. The highest BCUT2D eigenvalue weighted by Crippen LogP contribution is 2.19. The molecular formula is C25H23NO4. The molecule has 0 saturated heterocycles. The number of ether oxygens (including phenoxy) is 1. The fraction of sp³-hybridized carbons (Fsp3) is 0.160. The monoisotopic (exact) mass is 401 g/mol. The molecule has 0 saturated carbocycles. The molecule has 0 spiro atoms. The van der Waals surface area contributed by atoms with Crippen LogP contribution in [0.25, 0.3) is 0 Å². The summed E-state index contributed by atoms with van der Waals surface area (Å²) in [7, 11) is 0. The average molecular weight is 401 g/mol. The molecule has 0 radical (unpaired) electrons. The van der Waals surface area contributed by atoms with E-state index >= 15 is 0 Å². The summed E-state index contributed by atoms with van der Waals surface area (Å²) in [6.45, 7) is 5.36. The molecule has 1 atom stereocenters. The molecule has 0 fully saturated rings. The van der Waals surface area contributed by atoms with Gasteiger partial charge in [-0.25, -0.2) is 4.79 Å². The topological polar surface area (TPSA) is 72.5 Å². The van der Waals surface area contributed by atoms with Crippen LogP contribution in [0.1, 0.15) is 44.3 Å². The zero-order chi connectivity index (χ0) is 21.7. The van der Waals surface area contributed by atoms with Crippen LogP contribution in [0, 0.1) is 13.8 Å². The minimum Gasteiger partial charge on any atom is -0.449 e. The van der Waals surface area contributed by atoms with E-state index < -0.39 is 18.0 Å². The first-order valence-corrected chi connectivity index (χ1v) is 9.65. The number of nitrogens with one attached hydrogen (secondary N) is 1. The van der Waals surface area contributed by atoms with Gasteiger partial charge < -0.3 is 10.1 Å². The lowest BCUT2D eigenvalue weighted by molar-refractivity contribution is -0.123. The number of amides is 1. The van der Waals surface area contributed by atoms with Crippen molar-refractivity contribution >= 4 is 23.3 Å². The van der Waals surface area contributed by atoms with E-state index in [4.69, 9.17) is 4.74 Å². The van der Waals surface area contributed by atoms with Crippen LogP contribution < -0.4 is 5.32 Å². The van der Waals surface area contributed by atoms with E-state index in [1.807, 2.05) is 32.0 Å². The zero-order valence-corrected chi connectivity index (χ0v) is 17.1. The largest absolute Gasteiger partial charge is 0.449 e. The summed E-state index contributed by atoms with van der Waals surface area (Å²) in [5.74, 6) is -1.45. The Morgan fingerprint density at radius 2 is 1.43 bits per heavy atom. The second kappa shape index (κ2) is 9.18. The van der Waals surface area contributed by atoms with E-state index in [1.165, 1.54) is 13.0 Å². The molecule has 0 aliphatic rings. The lowest BCUT2D eigenvalue weighted by Crippen LogP contribution is -2.30. The minimum atomic E-state index is -1.03. The van der Waals surface area contributed by atoms with Crippen molar-refractivity contribution in [2.75, 3.05) is 5.32 Å². The Kier molecular flexibility index (Phi) is 6.42. The van der Waals surface area contributed by atoms with Gasteiger partial charge in [-0.3, -0.25) is 9.59 Å². The average Bonchev–Trinajstić information content (AvgIpc) is 2.76. The van der Waals surface area contributed by atoms with Crippen molar-refractivity contribution < 1.29 is 19.1 Å². The van der Waals surface area contributed by atoms with Gasteiger partial charge in [0.2, 0.25) is 0 Å². The number of esters is 1. The Morgan fingerprint density at radius 3 is 2.13 bits per heavy atom. The Morgan fingerprint density at radius 1 is 0.800 bits per heavy atom. The quantitative estimate of drug-likeness (QED) is 0.479. The maximum Gasteiger partial charge on any atom is 0.339 e. The normalized spacial score (nSPS) is 11.4. The predicted molar refractivity (Wildman–Crippen MR) is 116 cm³/mol. The van der Waals surface area contributed by atoms with Crippen LogP contribution in [-0.2, 0) is 9.53 Å². The van der Waals surface area contributed by atoms with E-state index in [0.717, 1.165) is 11.1 Å². The summed E-state index contributed by atoms with van der Waals surface area (Å²) >= 11 is 0. The maximum absolute atomic E-state index is 12.8. The van der Waals surface area contributed by atoms with Gasteiger partial charge in [-0.1, -0.05) is 60.7 Å². The predicted octanol–water partition coefficient (Wildman–Crippen LogP) is 4.72. The minimum absolute atomic E-state index is 0.123. The van der Waals surface area contributed by atoms with E-state index in [2.05, 4.69) is 5.32 Å². The van der Waals surface area contributed by atoms with Gasteiger partial charge in [-0.15, -0.1) is 0 Å². The standard InChI is InChI=1S/C25H23NO4/c1-16-10-9-15-22(17(16)2)26-24(28)18(3)30-25(29)21-14-8-7-13-20(21)23(27)19-11-5-4-6-12-19/h4-15,18H,1-3H3,(H,26,28)/t18-/m0/s1. The smallest absolute Gasteiger partial charge is 0.339 e. The third-order valence-electron chi connectivity index (χ3n) is 4.94. The Balaban J connectivity index is 1.75. The van der Waals surface area contributed by atoms with Crippen LogP contribution in [0.2, 0.25) is 0 Å². The number of benzene rings is 3. The third kappa shape index (κ3) is 4.63. The highest BCUT2D eigenvalue weighted by atomic mass is 16.5. The van der Waals surface area contributed by atoms with E-state index in [9.17, 15) is 14.4 Å². The summed E-state index contributed by atoms with van der Waals surface area (Å²) in [6.07, 6.45) is -1.03. The molecule has 3 aromatic carbocycles. The van der Waals surface area contributed by atoms with Crippen molar-refractivity contribution in [1.82, 2.24) is 0 Å². The van der Waals surface area contributed by atoms with Crippen LogP contribution in [0.3, 0.4) is 0 Å². The number of hydrogen-bond donors (Lipinski definition) is 1. The lowest BCUT2D eigenvalue weighted by Gasteiger charge is -2.16. The molecule has 1 N–H and O–H groups in total. The number of carbonyl (C=O) groups excluding carboxylic acids is 3. The Labute approximate surface area is 175 Å². The number of rotatable bonds is 6. The second-order valence-corrected chi connectivity index (χ2v) is 7.02. The molecule has 5 nitrogen and oxygen atoms in total. The molecule has 3 aromatic rings. The van der Waals surface area contributed by atoms with Crippen molar-refractivity contribution in [1.29, 1.82) is 0 Å². The number of ketones is 1. The first kappa shape index (κ1) is 21.0. The van der Waals surface area contributed by atoms with Crippen molar-refractivity contribution in [2.24, 2.45) is 0 Å². The molecule has 0 bridgehead atoms. The number of carbonyl (C=O) groups is 3. The third-order valence-corrected chi connectivity index (χ3v) is 4.94. The molecule has 0 heterocycles. The SMILES string of the molecule is Cc1cccc(NC(=O)[C@H](C)OC(=O)c2ccccc2C(=O)c2ccccc2)c1C. The Hall–Kier alpha value is -3.73. The highest BCUT2D eigenvalue weighted by Gasteiger charge is 2.23. The highest BCUT2D eigenvalue weighted by molar-refractivity contribution is 6.14. The molecule has 0 unspecified atom stereocenters. The van der Waals surface area contributed by atoms with Gasteiger partial charge in [0.15, 0.2) is 11.9 Å². The molecule has 0 aromatic heterocycles. The van der Waals surface area contributed by atoms with Crippen molar-refractivity contribution in [3.63, 3.8) is 0 Å². The summed E-state index contributed by atoms with van der Waals surface area (Å²) < 4.78 is 5.36. The second-order valence-electron chi connectivity index (χ2n) is 7.02. The van der Waals surface area contributed by atoms with Gasteiger partial charge in [-0.2, -0.15) is 0 Å². The van der Waals surface area contributed by atoms with Crippen LogP contribution in [-0.4, -0.2) is 23.8 Å². The zero-order valence-electron chi connectivity index (χ0n) is 17.1. The number of anilines is 1. The van der Waals surface area contributed by atoms with Crippen molar-refractivity contribution in [3.8, 4) is 0 Å². The van der Waals surface area contributed by atoms with Crippen molar-refractivity contribution in [2.45, 2.75) is 26.9 Å². The molecule has 0 aliphatic heterocycles. The van der Waals surface area contributed by atoms with Gasteiger partial charge in [0.25, 0.3) is 5.91 Å². The van der Waals surface area contributed by atoms with Gasteiger partial charge in [0.1, 0.15) is 0 Å². The van der Waals surface area contributed by atoms with Crippen molar-refractivity contribution in [3.05, 3.63) is 101 Å². The number of hydrogen-bond acceptors (Lipinski definition) is 4. The van der Waals surface area contributed by atoms with E-state index in [-0.39, 0.29) is 16.9 Å². The molecule has 0 aliphatic carbocycles. The molecular weight excluding hydrogens is 378 g/mol. The van der Waals surface area contributed by atoms with Crippen LogP contribution >= 0.6 is 0 Å². The molecule has 30 heavy (non-hydrogen) atoms. The summed E-state index contributed by atoms with van der Waals surface area (Å²) in [4.78, 5) is 38.1. The molecule has 5 heteroatoms. The molecule has 3 rings (SSSR count). The van der Waals surface area contributed by atoms with Gasteiger partial charge in [-0.05, 0) is 44.0 Å². The maximum atomic E-state index is 12.8. The van der Waals surface area contributed by atoms with Crippen LogP contribution in [0.4, 0.5) is 5.69 Å². The fourth-order valence-electron chi connectivity index (χ4n) is 3.00. The van der Waals surface area contributed by atoms with Crippen LogP contribution in [0.5, 0.6) is 0 Å². The molecule has 1 amide bonds. The molecule has 152 valence electrons. The van der Waals surface area contributed by atoms with Crippen LogP contribution in [0.15, 0.2) is 72.8 Å². The fourth-order valence-corrected chi connectivity index (χ4v) is 3.00. The van der Waals surface area contributed by atoms with Gasteiger partial charge in [0.05, 0.1) is 5.56 Å². The van der Waals surface area contributed by atoms with Gasteiger partial charge >= 0.3 is 5.97 Å². The Bertz CT molecular complexity index is 1090. The van der Waals surface area contributed by atoms with Gasteiger partial charge in [0, 0.05) is 16.8 Å². The summed E-state index contributed by atoms with van der Waals surface area (Å²) in [6, 6.07) is 20.7. The van der Waals surface area contributed by atoms with E-state index in [1.54, 1.807) is 48.5 Å².